The molecule has 0 fully saturated rings. The Bertz CT molecular complexity index is 637. The second kappa shape index (κ2) is 6.54. The smallest absolute Gasteiger partial charge is 0.248 e. The third kappa shape index (κ3) is 3.18. The van der Waals surface area contributed by atoms with Gasteiger partial charge in [-0.1, -0.05) is 19.4 Å². The summed E-state index contributed by atoms with van der Waals surface area (Å²) in [5.41, 5.74) is 0.742. The second-order valence-corrected chi connectivity index (χ2v) is 4.70. The van der Waals surface area contributed by atoms with E-state index in [9.17, 15) is 15.0 Å². The molecule has 0 saturated heterocycles. The summed E-state index contributed by atoms with van der Waals surface area (Å²) >= 11 is 0. The van der Waals surface area contributed by atoms with Gasteiger partial charge in [-0.05, 0) is 24.1 Å². The molecule has 0 saturated carbocycles. The normalized spacial score (nSPS) is 12.7. The zero-order valence-electron chi connectivity index (χ0n) is 11.4. The van der Waals surface area contributed by atoms with Gasteiger partial charge in [0, 0.05) is 24.5 Å². The number of phenolic OH excluding ortho intramolecular Hbond substituents is 1. The molecule has 1 aromatic carbocycles. The number of aromatic amines is 1. The van der Waals surface area contributed by atoms with Gasteiger partial charge in [-0.3, -0.25) is 4.79 Å². The minimum Gasteiger partial charge on any atom is -0.506 e. The van der Waals surface area contributed by atoms with Crippen molar-refractivity contribution >= 4 is 10.9 Å². The monoisotopic (exact) mass is 275 g/mol. The Labute approximate surface area is 117 Å². The molecule has 2 aromatic rings. The zero-order chi connectivity index (χ0) is 14.5. The number of H-pyrrole nitrogens is 1. The van der Waals surface area contributed by atoms with Crippen LogP contribution in [-0.4, -0.2) is 21.7 Å². The molecular formula is C15H19N2O3. The summed E-state index contributed by atoms with van der Waals surface area (Å²) in [5, 5.41) is 23.7. The average Bonchev–Trinajstić information content (AvgIpc) is 2.44. The van der Waals surface area contributed by atoms with Gasteiger partial charge in [0.25, 0.3) is 0 Å². The molecule has 1 aromatic heterocycles. The number of hydrogen-bond donors (Lipinski definition) is 4. The fourth-order valence-corrected chi connectivity index (χ4v) is 2.10. The van der Waals surface area contributed by atoms with Gasteiger partial charge in [0.05, 0.1) is 11.6 Å². The molecule has 0 spiro atoms. The first-order valence-electron chi connectivity index (χ1n) is 6.71. The number of aliphatic hydroxyl groups is 1. The molecule has 2 rings (SSSR count). The highest BCUT2D eigenvalue weighted by Gasteiger charge is 2.13. The minimum absolute atomic E-state index is 0.000783. The Morgan fingerprint density at radius 1 is 1.35 bits per heavy atom. The van der Waals surface area contributed by atoms with Gasteiger partial charge in [-0.25, -0.2) is 0 Å². The van der Waals surface area contributed by atoms with E-state index in [4.69, 9.17) is 0 Å². The molecule has 0 aliphatic heterocycles. The third-order valence-corrected chi connectivity index (χ3v) is 3.15. The maximum Gasteiger partial charge on any atom is 0.248 e. The molecule has 0 amide bonds. The van der Waals surface area contributed by atoms with Gasteiger partial charge < -0.3 is 20.5 Å². The highest BCUT2D eigenvalue weighted by atomic mass is 16.3. The number of fused-ring (bicyclic) bond motifs is 1. The van der Waals surface area contributed by atoms with Crippen LogP contribution in [0, 0.1) is 6.54 Å². The number of nitrogens with one attached hydrogen (secondary N) is 2. The first-order chi connectivity index (χ1) is 9.63. The highest BCUT2D eigenvalue weighted by molar-refractivity contribution is 5.87. The highest BCUT2D eigenvalue weighted by Crippen LogP contribution is 2.28. The lowest BCUT2D eigenvalue weighted by Crippen LogP contribution is -2.19. The summed E-state index contributed by atoms with van der Waals surface area (Å²) in [6.45, 7) is 4.39. The zero-order valence-corrected chi connectivity index (χ0v) is 11.4. The van der Waals surface area contributed by atoms with Crippen LogP contribution in [0.4, 0.5) is 0 Å². The predicted molar refractivity (Wildman–Crippen MR) is 78.4 cm³/mol. The number of phenols is 1. The molecule has 0 aliphatic carbocycles. The first-order valence-corrected chi connectivity index (χ1v) is 6.71. The molecule has 1 radical (unpaired) electrons. The second-order valence-electron chi connectivity index (χ2n) is 4.70. The lowest BCUT2D eigenvalue weighted by molar-refractivity contribution is 0.179. The maximum atomic E-state index is 11.3. The molecule has 5 nitrogen and oxygen atoms in total. The minimum atomic E-state index is -0.711. The topological polar surface area (TPSA) is 85.3 Å². The average molecular weight is 275 g/mol. The van der Waals surface area contributed by atoms with Crippen molar-refractivity contribution in [3.63, 3.8) is 0 Å². The van der Waals surface area contributed by atoms with Crippen LogP contribution in [0.2, 0.25) is 0 Å². The van der Waals surface area contributed by atoms with Crippen LogP contribution in [-0.2, 0) is 0 Å². The van der Waals surface area contributed by atoms with Gasteiger partial charge >= 0.3 is 0 Å². The summed E-state index contributed by atoms with van der Waals surface area (Å²) in [6, 6.07) is 6.14. The van der Waals surface area contributed by atoms with Crippen LogP contribution in [0.25, 0.3) is 10.9 Å². The van der Waals surface area contributed by atoms with Crippen molar-refractivity contribution in [2.24, 2.45) is 0 Å². The molecule has 5 heteroatoms. The lowest BCUT2D eigenvalue weighted by atomic mass is 10.0. The van der Waals surface area contributed by atoms with E-state index in [0.29, 0.717) is 23.0 Å². The molecule has 1 atom stereocenters. The number of unbranched alkanes of at least 4 members (excludes halogenated alkanes) is 1. The molecular weight excluding hydrogens is 256 g/mol. The third-order valence-electron chi connectivity index (χ3n) is 3.15. The molecule has 0 unspecified atom stereocenters. The van der Waals surface area contributed by atoms with Crippen molar-refractivity contribution in [3.8, 4) is 5.75 Å². The van der Waals surface area contributed by atoms with E-state index in [0.717, 1.165) is 12.8 Å². The molecule has 4 N–H and O–H groups in total. The fourth-order valence-electron chi connectivity index (χ4n) is 2.10. The van der Waals surface area contributed by atoms with Crippen LogP contribution >= 0.6 is 0 Å². The van der Waals surface area contributed by atoms with E-state index >= 15 is 0 Å². The van der Waals surface area contributed by atoms with Crippen molar-refractivity contribution in [3.05, 3.63) is 46.7 Å². The van der Waals surface area contributed by atoms with Crippen LogP contribution in [0.1, 0.15) is 31.4 Å². The number of rotatable bonds is 6. The summed E-state index contributed by atoms with van der Waals surface area (Å²) < 4.78 is 0. The maximum absolute atomic E-state index is 11.3. The number of pyridine rings is 1. The first kappa shape index (κ1) is 14.6. The number of benzene rings is 1. The Kier molecular flexibility index (Phi) is 4.76. The van der Waals surface area contributed by atoms with E-state index < -0.39 is 6.10 Å². The Hall–Kier alpha value is -1.85. The molecule has 0 bridgehead atoms. The van der Waals surface area contributed by atoms with E-state index in [1.165, 1.54) is 12.1 Å². The van der Waals surface area contributed by atoms with Crippen molar-refractivity contribution < 1.29 is 10.2 Å². The van der Waals surface area contributed by atoms with Gasteiger partial charge in [-0.15, -0.1) is 0 Å². The number of aliphatic hydroxyl groups excluding tert-OH is 1. The quantitative estimate of drug-likeness (QED) is 0.606. The summed E-state index contributed by atoms with van der Waals surface area (Å²) in [4.78, 5) is 13.9. The molecule has 1 heterocycles. The molecule has 107 valence electrons. The van der Waals surface area contributed by atoms with E-state index in [-0.39, 0.29) is 11.3 Å². The number of aromatic hydroxyl groups is 1. The SMILES string of the molecule is CCC[CH]NC[C@H](O)c1ccc(O)c2[nH]c(=O)ccc12. The van der Waals surface area contributed by atoms with Gasteiger partial charge in [0.15, 0.2) is 0 Å². The van der Waals surface area contributed by atoms with Gasteiger partial charge in [0.2, 0.25) is 5.56 Å². The Morgan fingerprint density at radius 2 is 2.15 bits per heavy atom. The van der Waals surface area contributed by atoms with Crippen LogP contribution in [0.5, 0.6) is 5.75 Å². The van der Waals surface area contributed by atoms with Crippen molar-refractivity contribution in [1.82, 2.24) is 10.3 Å². The summed E-state index contributed by atoms with van der Waals surface area (Å²) in [7, 11) is 0. The van der Waals surface area contributed by atoms with Crippen LogP contribution in [0.15, 0.2) is 29.1 Å². The number of aromatic nitrogens is 1. The lowest BCUT2D eigenvalue weighted by Gasteiger charge is -2.15. The predicted octanol–water partition coefficient (Wildman–Crippen LogP) is 1.82. The molecule has 20 heavy (non-hydrogen) atoms. The largest absolute Gasteiger partial charge is 0.506 e. The van der Waals surface area contributed by atoms with Crippen molar-refractivity contribution in [2.45, 2.75) is 25.9 Å². The van der Waals surface area contributed by atoms with Crippen LogP contribution in [0.3, 0.4) is 0 Å². The summed E-state index contributed by atoms with van der Waals surface area (Å²) in [6.07, 6.45) is 1.28. The molecule has 0 aliphatic rings. The van der Waals surface area contributed by atoms with Crippen molar-refractivity contribution in [1.29, 1.82) is 0 Å². The fraction of sp³-hybridized carbons (Fsp3) is 0.333. The Morgan fingerprint density at radius 3 is 2.90 bits per heavy atom. The van der Waals surface area contributed by atoms with Gasteiger partial charge in [0.1, 0.15) is 5.75 Å². The Balaban J connectivity index is 2.25. The van der Waals surface area contributed by atoms with Gasteiger partial charge in [-0.2, -0.15) is 0 Å². The van der Waals surface area contributed by atoms with E-state index in [1.807, 2.05) is 6.54 Å². The van der Waals surface area contributed by atoms with Crippen LogP contribution < -0.4 is 10.9 Å². The van der Waals surface area contributed by atoms with E-state index in [1.54, 1.807) is 12.1 Å². The van der Waals surface area contributed by atoms with Crippen molar-refractivity contribution in [2.75, 3.05) is 6.54 Å². The standard InChI is InChI=1S/C15H19N2O3/c1-2-3-8-16-9-13(19)10-4-6-12(18)15-11(10)5-7-14(20)17-15/h4-8,13,16,18-19H,2-3,9H2,1H3,(H,17,20)/t13-/m0/s1. The number of hydrogen-bond acceptors (Lipinski definition) is 4. The summed E-state index contributed by atoms with van der Waals surface area (Å²) in [5.74, 6) is -0.000783. The van der Waals surface area contributed by atoms with E-state index in [2.05, 4.69) is 17.2 Å².